The van der Waals surface area contributed by atoms with E-state index in [0.717, 1.165) is 17.3 Å². The number of carbonyl (C=O) groups excluding carboxylic acids is 1. The molecule has 23 heavy (non-hydrogen) atoms. The molecule has 0 aliphatic rings. The second-order valence-corrected chi connectivity index (χ2v) is 5.43. The summed E-state index contributed by atoms with van der Waals surface area (Å²) in [5, 5.41) is 5.81. The molecule has 6 N–H and O–H groups in total. The van der Waals surface area contributed by atoms with Gasteiger partial charge < -0.3 is 22.1 Å². The van der Waals surface area contributed by atoms with E-state index in [1.54, 1.807) is 6.92 Å². The van der Waals surface area contributed by atoms with Gasteiger partial charge in [0.2, 0.25) is 0 Å². The second-order valence-electron chi connectivity index (χ2n) is 5.43. The molecule has 2 aromatic rings. The number of primary amides is 1. The maximum Gasteiger partial charge on any atom is 0.252 e. The number of nitrogens with one attached hydrogen (secondary N) is 2. The number of carbonyl (C=O) groups is 1. The molecule has 0 spiro atoms. The maximum atomic E-state index is 14.0. The summed E-state index contributed by atoms with van der Waals surface area (Å²) < 4.78 is 14.0. The summed E-state index contributed by atoms with van der Waals surface area (Å²) in [6.07, 6.45) is 0. The van der Waals surface area contributed by atoms with E-state index in [9.17, 15) is 9.18 Å². The Balaban J connectivity index is 2.38. The first-order valence-corrected chi connectivity index (χ1v) is 7.20. The molecule has 2 rings (SSSR count). The predicted octanol–water partition coefficient (Wildman–Crippen LogP) is 2.13. The zero-order valence-corrected chi connectivity index (χ0v) is 13.1. The van der Waals surface area contributed by atoms with Crippen LogP contribution in [0.1, 0.15) is 22.8 Å². The lowest BCUT2D eigenvalue weighted by Gasteiger charge is -2.14. The third-order valence-corrected chi connectivity index (χ3v) is 3.11. The van der Waals surface area contributed by atoms with Crippen LogP contribution in [0.25, 0.3) is 0 Å². The van der Waals surface area contributed by atoms with Crippen molar-refractivity contribution in [1.29, 1.82) is 0 Å². The van der Waals surface area contributed by atoms with Gasteiger partial charge in [-0.3, -0.25) is 4.79 Å². The number of aryl methyl sites for hydroxylation is 1. The molecule has 1 atom stereocenters. The highest BCUT2D eigenvalue weighted by Crippen LogP contribution is 2.24. The van der Waals surface area contributed by atoms with Crippen molar-refractivity contribution in [3.8, 4) is 0 Å². The minimum absolute atomic E-state index is 0.0162. The average molecular weight is 317 g/mol. The lowest BCUT2D eigenvalue weighted by Crippen LogP contribution is -2.26. The fraction of sp³-hybridized carbons (Fsp3) is 0.250. The fourth-order valence-electron chi connectivity index (χ4n) is 2.01. The molecule has 0 aliphatic carbocycles. The molecule has 1 heterocycles. The van der Waals surface area contributed by atoms with Gasteiger partial charge in [-0.1, -0.05) is 12.1 Å². The molecule has 0 saturated heterocycles. The monoisotopic (exact) mass is 317 g/mol. The molecule has 0 radical (unpaired) electrons. The molecule has 7 heteroatoms. The first-order valence-electron chi connectivity index (χ1n) is 7.20. The fourth-order valence-corrected chi connectivity index (χ4v) is 2.01. The Morgan fingerprint density at radius 2 is 2.09 bits per heavy atom. The first kappa shape index (κ1) is 16.7. The second kappa shape index (κ2) is 7.06. The summed E-state index contributed by atoms with van der Waals surface area (Å²) in [7, 11) is 0. The maximum absolute atomic E-state index is 14.0. The van der Waals surface area contributed by atoms with Crippen molar-refractivity contribution in [3.63, 3.8) is 0 Å². The zero-order valence-electron chi connectivity index (χ0n) is 13.1. The molecule has 122 valence electrons. The molecule has 1 unspecified atom stereocenters. The summed E-state index contributed by atoms with van der Waals surface area (Å²) in [6, 6.07) is 8.40. The Kier molecular flexibility index (Phi) is 5.13. The van der Waals surface area contributed by atoms with E-state index >= 15 is 0 Å². The standard InChI is InChI=1S/C16H20FN5O/c1-9-4-3-5-11(6-9)21-15-12(14(19)23)7-13(17)16(22-15)20-8-10(2)18/h3-7,10H,8,18H2,1-2H3,(H2,19,23)(H2,20,21,22). The van der Waals surface area contributed by atoms with Crippen LogP contribution in [-0.4, -0.2) is 23.5 Å². The van der Waals surface area contributed by atoms with Crippen LogP contribution in [-0.2, 0) is 0 Å². The normalized spacial score (nSPS) is 11.8. The predicted molar refractivity (Wildman–Crippen MR) is 89.3 cm³/mol. The van der Waals surface area contributed by atoms with Gasteiger partial charge in [-0.2, -0.15) is 0 Å². The summed E-state index contributed by atoms with van der Waals surface area (Å²) in [4.78, 5) is 15.7. The van der Waals surface area contributed by atoms with E-state index in [4.69, 9.17) is 11.5 Å². The molecule has 1 aromatic heterocycles. The van der Waals surface area contributed by atoms with Crippen LogP contribution < -0.4 is 22.1 Å². The minimum atomic E-state index is -0.759. The molecular weight excluding hydrogens is 297 g/mol. The van der Waals surface area contributed by atoms with E-state index in [2.05, 4.69) is 15.6 Å². The number of rotatable bonds is 6. The summed E-state index contributed by atoms with van der Waals surface area (Å²) in [5.41, 5.74) is 12.7. The van der Waals surface area contributed by atoms with Crippen molar-refractivity contribution in [1.82, 2.24) is 4.98 Å². The van der Waals surface area contributed by atoms with Gasteiger partial charge in [0.25, 0.3) is 5.91 Å². The van der Waals surface area contributed by atoms with Gasteiger partial charge in [0.05, 0.1) is 5.56 Å². The zero-order chi connectivity index (χ0) is 17.0. The number of nitrogens with two attached hydrogens (primary N) is 2. The van der Waals surface area contributed by atoms with Gasteiger partial charge in [0, 0.05) is 18.3 Å². The van der Waals surface area contributed by atoms with Crippen LogP contribution in [0.4, 0.5) is 21.7 Å². The van der Waals surface area contributed by atoms with Gasteiger partial charge in [-0.25, -0.2) is 9.37 Å². The number of aromatic nitrogens is 1. The summed E-state index contributed by atoms with van der Waals surface area (Å²) in [6.45, 7) is 4.08. The smallest absolute Gasteiger partial charge is 0.252 e. The van der Waals surface area contributed by atoms with Gasteiger partial charge >= 0.3 is 0 Å². The van der Waals surface area contributed by atoms with Crippen LogP contribution in [0.5, 0.6) is 0 Å². The van der Waals surface area contributed by atoms with E-state index < -0.39 is 11.7 Å². The number of amides is 1. The minimum Gasteiger partial charge on any atom is -0.366 e. The number of anilines is 3. The van der Waals surface area contributed by atoms with Crippen LogP contribution in [0.2, 0.25) is 0 Å². The highest BCUT2D eigenvalue weighted by molar-refractivity contribution is 5.98. The summed E-state index contributed by atoms with van der Waals surface area (Å²) in [5.74, 6) is -1.21. The Bertz CT molecular complexity index is 718. The first-order chi connectivity index (χ1) is 10.9. The molecule has 6 nitrogen and oxygen atoms in total. The van der Waals surface area contributed by atoms with E-state index in [1.807, 2.05) is 31.2 Å². The number of benzene rings is 1. The van der Waals surface area contributed by atoms with Crippen molar-refractivity contribution in [2.45, 2.75) is 19.9 Å². The third-order valence-electron chi connectivity index (χ3n) is 3.11. The highest BCUT2D eigenvalue weighted by Gasteiger charge is 2.16. The van der Waals surface area contributed by atoms with Gasteiger partial charge in [-0.05, 0) is 37.6 Å². The van der Waals surface area contributed by atoms with Gasteiger partial charge in [0.1, 0.15) is 5.82 Å². The van der Waals surface area contributed by atoms with Crippen LogP contribution in [0, 0.1) is 12.7 Å². The topological polar surface area (TPSA) is 106 Å². The lowest BCUT2D eigenvalue weighted by molar-refractivity contribution is 0.100. The molecule has 1 amide bonds. The van der Waals surface area contributed by atoms with Crippen molar-refractivity contribution in [3.05, 3.63) is 47.3 Å². The highest BCUT2D eigenvalue weighted by atomic mass is 19.1. The number of hydrogen-bond donors (Lipinski definition) is 4. The number of halogens is 1. The molecule has 0 aliphatic heterocycles. The SMILES string of the molecule is Cc1cccc(Nc2nc(NCC(C)N)c(F)cc2C(N)=O)c1. The number of hydrogen-bond acceptors (Lipinski definition) is 5. The van der Waals surface area contributed by atoms with E-state index in [1.165, 1.54) is 0 Å². The van der Waals surface area contributed by atoms with Crippen molar-refractivity contribution >= 4 is 23.2 Å². The largest absolute Gasteiger partial charge is 0.366 e. The Morgan fingerprint density at radius 3 is 2.70 bits per heavy atom. The van der Waals surface area contributed by atoms with Crippen molar-refractivity contribution in [2.75, 3.05) is 17.2 Å². The summed E-state index contributed by atoms with van der Waals surface area (Å²) >= 11 is 0. The molecule has 1 aromatic carbocycles. The van der Waals surface area contributed by atoms with Crippen LogP contribution in [0.15, 0.2) is 30.3 Å². The van der Waals surface area contributed by atoms with Crippen molar-refractivity contribution in [2.24, 2.45) is 11.5 Å². The molecule has 0 fully saturated rings. The molecule has 0 bridgehead atoms. The lowest BCUT2D eigenvalue weighted by atomic mass is 10.2. The Labute approximate surface area is 134 Å². The third kappa shape index (κ3) is 4.40. The van der Waals surface area contributed by atoms with Gasteiger partial charge in [0.15, 0.2) is 11.6 Å². The van der Waals surface area contributed by atoms with Crippen LogP contribution in [0.3, 0.4) is 0 Å². The quantitative estimate of drug-likeness (QED) is 0.653. The van der Waals surface area contributed by atoms with Crippen LogP contribution >= 0.6 is 0 Å². The van der Waals surface area contributed by atoms with E-state index in [0.29, 0.717) is 6.54 Å². The Hall–Kier alpha value is -2.67. The average Bonchev–Trinajstić information content (AvgIpc) is 2.47. The number of nitrogens with zero attached hydrogens (tertiary/aromatic N) is 1. The van der Waals surface area contributed by atoms with Gasteiger partial charge in [-0.15, -0.1) is 0 Å². The Morgan fingerprint density at radius 1 is 1.35 bits per heavy atom. The van der Waals surface area contributed by atoms with E-state index in [-0.39, 0.29) is 23.2 Å². The molecular formula is C16H20FN5O. The number of pyridine rings is 1. The molecule has 0 saturated carbocycles. The van der Waals surface area contributed by atoms with Crippen molar-refractivity contribution < 1.29 is 9.18 Å².